The monoisotopic (exact) mass is 139 g/mol. The Hall–Kier alpha value is -0.300. The minimum absolute atomic E-state index is 0.762. The molecular formula is C9H17N. The van der Waals surface area contributed by atoms with Crippen LogP contribution in [0.5, 0.6) is 0 Å². The van der Waals surface area contributed by atoms with Crippen LogP contribution in [0.2, 0.25) is 0 Å². The lowest BCUT2D eigenvalue weighted by Gasteiger charge is -2.12. The zero-order valence-electron chi connectivity index (χ0n) is 6.77. The summed E-state index contributed by atoms with van der Waals surface area (Å²) in [5.41, 5.74) is 0. The van der Waals surface area contributed by atoms with Crippen molar-refractivity contribution in [1.82, 2.24) is 5.32 Å². The van der Waals surface area contributed by atoms with E-state index in [9.17, 15) is 0 Å². The van der Waals surface area contributed by atoms with Crippen LogP contribution in [-0.2, 0) is 0 Å². The van der Waals surface area contributed by atoms with Gasteiger partial charge in [0.15, 0.2) is 0 Å². The molecule has 0 heterocycles. The lowest BCUT2D eigenvalue weighted by Crippen LogP contribution is -2.26. The molecule has 1 aliphatic carbocycles. The molecule has 1 aliphatic rings. The summed E-state index contributed by atoms with van der Waals surface area (Å²) in [6, 6.07) is 0.762. The highest BCUT2D eigenvalue weighted by atomic mass is 14.9. The largest absolute Gasteiger partial charge is 0.317 e. The summed E-state index contributed by atoms with van der Waals surface area (Å²) in [5.74, 6) is 0.977. The second-order valence-corrected chi connectivity index (χ2v) is 3.10. The van der Waals surface area contributed by atoms with Gasteiger partial charge in [-0.1, -0.05) is 6.08 Å². The Bertz CT molecular complexity index is 105. The van der Waals surface area contributed by atoms with E-state index in [0.29, 0.717) is 0 Å². The second kappa shape index (κ2) is 3.77. The minimum Gasteiger partial charge on any atom is -0.317 e. The quantitative estimate of drug-likeness (QED) is 0.574. The van der Waals surface area contributed by atoms with Crippen LogP contribution in [0.25, 0.3) is 0 Å². The van der Waals surface area contributed by atoms with Crippen LogP contribution in [-0.4, -0.2) is 13.1 Å². The zero-order chi connectivity index (χ0) is 7.40. The van der Waals surface area contributed by atoms with Gasteiger partial charge in [0.2, 0.25) is 0 Å². The first-order chi connectivity index (χ1) is 4.88. The molecule has 1 unspecified atom stereocenters. The number of hydrogen-bond donors (Lipinski definition) is 1. The summed E-state index contributed by atoms with van der Waals surface area (Å²) in [6.07, 6.45) is 7.30. The van der Waals surface area contributed by atoms with Gasteiger partial charge >= 0.3 is 0 Å². The van der Waals surface area contributed by atoms with Crippen molar-refractivity contribution in [2.75, 3.05) is 7.05 Å². The van der Waals surface area contributed by atoms with Crippen LogP contribution in [0.15, 0.2) is 12.7 Å². The van der Waals surface area contributed by atoms with Crippen LogP contribution >= 0.6 is 0 Å². The molecule has 0 aromatic rings. The van der Waals surface area contributed by atoms with Gasteiger partial charge in [0.25, 0.3) is 0 Å². The summed E-state index contributed by atoms with van der Waals surface area (Å²) in [7, 11) is 2.06. The topological polar surface area (TPSA) is 12.0 Å². The van der Waals surface area contributed by atoms with E-state index in [4.69, 9.17) is 0 Å². The molecule has 10 heavy (non-hydrogen) atoms. The molecule has 0 spiro atoms. The van der Waals surface area contributed by atoms with Gasteiger partial charge in [0, 0.05) is 6.04 Å². The third kappa shape index (κ3) is 2.14. The molecule has 0 aromatic heterocycles. The predicted octanol–water partition coefficient (Wildman–Crippen LogP) is 1.95. The third-order valence-corrected chi connectivity index (χ3v) is 2.24. The van der Waals surface area contributed by atoms with E-state index in [1.165, 1.54) is 19.3 Å². The van der Waals surface area contributed by atoms with Gasteiger partial charge in [-0.3, -0.25) is 0 Å². The molecule has 1 heteroatoms. The Morgan fingerprint density at radius 2 is 2.40 bits per heavy atom. The second-order valence-electron chi connectivity index (χ2n) is 3.10. The maximum absolute atomic E-state index is 3.72. The molecule has 1 fully saturated rings. The normalized spacial score (nSPS) is 20.5. The van der Waals surface area contributed by atoms with Crippen molar-refractivity contribution in [1.29, 1.82) is 0 Å². The average molecular weight is 139 g/mol. The average Bonchev–Trinajstić information content (AvgIpc) is 2.73. The van der Waals surface area contributed by atoms with Crippen molar-refractivity contribution >= 4 is 0 Å². The van der Waals surface area contributed by atoms with Gasteiger partial charge < -0.3 is 5.32 Å². The summed E-state index contributed by atoms with van der Waals surface area (Å²) < 4.78 is 0. The number of nitrogens with one attached hydrogen (secondary N) is 1. The lowest BCUT2D eigenvalue weighted by molar-refractivity contribution is 0.474. The van der Waals surface area contributed by atoms with E-state index in [1.54, 1.807) is 0 Å². The van der Waals surface area contributed by atoms with Gasteiger partial charge in [0.1, 0.15) is 0 Å². The highest BCUT2D eigenvalue weighted by Crippen LogP contribution is 2.34. The molecular weight excluding hydrogens is 122 g/mol. The van der Waals surface area contributed by atoms with Crippen molar-refractivity contribution in [3.8, 4) is 0 Å². The van der Waals surface area contributed by atoms with Crippen molar-refractivity contribution in [3.05, 3.63) is 12.7 Å². The van der Waals surface area contributed by atoms with E-state index in [0.717, 1.165) is 18.4 Å². The fraction of sp³-hybridized carbons (Fsp3) is 0.778. The van der Waals surface area contributed by atoms with Crippen molar-refractivity contribution in [2.24, 2.45) is 5.92 Å². The van der Waals surface area contributed by atoms with E-state index >= 15 is 0 Å². The molecule has 1 nitrogen and oxygen atoms in total. The first kappa shape index (κ1) is 7.80. The van der Waals surface area contributed by atoms with Gasteiger partial charge in [-0.15, -0.1) is 6.58 Å². The summed E-state index contributed by atoms with van der Waals surface area (Å²) in [6.45, 7) is 3.72. The molecule has 0 aromatic carbocycles. The van der Waals surface area contributed by atoms with Crippen LogP contribution in [0, 0.1) is 5.92 Å². The highest BCUT2D eigenvalue weighted by molar-refractivity contribution is 4.86. The van der Waals surface area contributed by atoms with Crippen LogP contribution in [0.4, 0.5) is 0 Å². The summed E-state index contributed by atoms with van der Waals surface area (Å²) in [4.78, 5) is 0. The summed E-state index contributed by atoms with van der Waals surface area (Å²) in [5, 5.41) is 3.35. The highest BCUT2D eigenvalue weighted by Gasteiger charge is 2.28. The molecule has 0 bridgehead atoms. The van der Waals surface area contributed by atoms with E-state index in [2.05, 4.69) is 18.9 Å². The molecule has 0 amide bonds. The molecule has 1 rings (SSSR count). The Kier molecular flexibility index (Phi) is 2.94. The van der Waals surface area contributed by atoms with Crippen LogP contribution < -0.4 is 5.32 Å². The van der Waals surface area contributed by atoms with Gasteiger partial charge in [-0.05, 0) is 38.6 Å². The van der Waals surface area contributed by atoms with Crippen molar-refractivity contribution in [3.63, 3.8) is 0 Å². The number of rotatable bonds is 5. The molecule has 0 saturated heterocycles. The van der Waals surface area contributed by atoms with Gasteiger partial charge in [0.05, 0.1) is 0 Å². The van der Waals surface area contributed by atoms with Gasteiger partial charge in [-0.2, -0.15) is 0 Å². The van der Waals surface area contributed by atoms with E-state index < -0.39 is 0 Å². The van der Waals surface area contributed by atoms with E-state index in [-0.39, 0.29) is 0 Å². The SMILES string of the molecule is C=CCCC(NC)C1CC1. The van der Waals surface area contributed by atoms with E-state index in [1.807, 2.05) is 6.08 Å². The molecule has 1 saturated carbocycles. The fourth-order valence-electron chi connectivity index (χ4n) is 1.41. The van der Waals surface area contributed by atoms with Crippen LogP contribution in [0.3, 0.4) is 0 Å². The number of allylic oxidation sites excluding steroid dienone is 1. The number of hydrogen-bond acceptors (Lipinski definition) is 1. The Balaban J connectivity index is 2.12. The van der Waals surface area contributed by atoms with Crippen molar-refractivity contribution in [2.45, 2.75) is 31.7 Å². The Morgan fingerprint density at radius 1 is 1.70 bits per heavy atom. The maximum atomic E-state index is 3.72. The fourth-order valence-corrected chi connectivity index (χ4v) is 1.41. The molecule has 1 N–H and O–H groups in total. The van der Waals surface area contributed by atoms with Crippen LogP contribution in [0.1, 0.15) is 25.7 Å². The lowest BCUT2D eigenvalue weighted by atomic mass is 10.1. The molecule has 0 aliphatic heterocycles. The zero-order valence-corrected chi connectivity index (χ0v) is 6.77. The molecule has 58 valence electrons. The standard InChI is InChI=1S/C9H17N/c1-3-4-5-9(10-2)8-6-7-8/h3,8-10H,1,4-7H2,2H3. The minimum atomic E-state index is 0.762. The Labute approximate surface area is 63.5 Å². The van der Waals surface area contributed by atoms with Gasteiger partial charge in [-0.25, -0.2) is 0 Å². The first-order valence-corrected chi connectivity index (χ1v) is 4.16. The Morgan fingerprint density at radius 3 is 2.80 bits per heavy atom. The molecule has 0 radical (unpaired) electrons. The maximum Gasteiger partial charge on any atom is 0.00952 e. The smallest absolute Gasteiger partial charge is 0.00952 e. The molecule has 1 atom stereocenters. The first-order valence-electron chi connectivity index (χ1n) is 4.16. The van der Waals surface area contributed by atoms with Crippen molar-refractivity contribution < 1.29 is 0 Å². The predicted molar refractivity (Wildman–Crippen MR) is 45.0 cm³/mol. The summed E-state index contributed by atoms with van der Waals surface area (Å²) >= 11 is 0. The third-order valence-electron chi connectivity index (χ3n) is 2.24.